The lowest BCUT2D eigenvalue weighted by molar-refractivity contribution is -0.136. The Morgan fingerprint density at radius 2 is 2.00 bits per heavy atom. The van der Waals surface area contributed by atoms with Crippen molar-refractivity contribution in [2.45, 2.75) is 25.3 Å². The third kappa shape index (κ3) is 4.16. The summed E-state index contributed by atoms with van der Waals surface area (Å²) >= 11 is 0. The van der Waals surface area contributed by atoms with E-state index in [9.17, 15) is 4.79 Å². The minimum Gasteiger partial charge on any atom is -0.339 e. The average Bonchev–Trinajstić information content (AvgIpc) is 2.87. The van der Waals surface area contributed by atoms with Crippen molar-refractivity contribution in [2.24, 2.45) is 0 Å². The van der Waals surface area contributed by atoms with Gasteiger partial charge in [0.2, 0.25) is 5.91 Å². The molecule has 1 N–H and O–H groups in total. The molecule has 2 heterocycles. The number of nitrogens with zero attached hydrogens (tertiary/aromatic N) is 3. The first-order valence-electron chi connectivity index (χ1n) is 7.57. The van der Waals surface area contributed by atoms with Gasteiger partial charge in [0.25, 0.3) is 0 Å². The van der Waals surface area contributed by atoms with Gasteiger partial charge < -0.3 is 15.1 Å². The first-order chi connectivity index (χ1) is 9.18. The number of likely N-dealkylation sites (tertiary alicyclic amines) is 1. The molecular formula is C14H28N4O. The molecule has 1 atom stereocenters. The van der Waals surface area contributed by atoms with Gasteiger partial charge in [0.1, 0.15) is 0 Å². The zero-order chi connectivity index (χ0) is 13.7. The van der Waals surface area contributed by atoms with Gasteiger partial charge in [0.15, 0.2) is 0 Å². The smallest absolute Gasteiger partial charge is 0.240 e. The molecule has 5 nitrogen and oxygen atoms in total. The first-order valence-corrected chi connectivity index (χ1v) is 7.57. The van der Waals surface area contributed by atoms with Crippen LogP contribution in [0.5, 0.6) is 0 Å². The fraction of sp³-hybridized carbons (Fsp3) is 0.929. The second kappa shape index (κ2) is 7.22. The summed E-state index contributed by atoms with van der Waals surface area (Å²) in [7, 11) is 4.21. The third-order valence-electron chi connectivity index (χ3n) is 4.13. The van der Waals surface area contributed by atoms with Crippen molar-refractivity contribution in [1.82, 2.24) is 20.0 Å². The van der Waals surface area contributed by atoms with E-state index in [2.05, 4.69) is 29.2 Å². The van der Waals surface area contributed by atoms with Crippen LogP contribution in [0.2, 0.25) is 0 Å². The maximum Gasteiger partial charge on any atom is 0.240 e. The van der Waals surface area contributed by atoms with Crippen molar-refractivity contribution in [2.75, 3.05) is 59.9 Å². The van der Waals surface area contributed by atoms with Gasteiger partial charge in [-0.25, -0.2) is 0 Å². The summed E-state index contributed by atoms with van der Waals surface area (Å²) in [6.45, 7) is 6.89. The maximum absolute atomic E-state index is 12.6. The van der Waals surface area contributed by atoms with E-state index in [-0.39, 0.29) is 6.04 Å². The number of nitrogens with one attached hydrogen (secondary N) is 1. The summed E-state index contributed by atoms with van der Waals surface area (Å²) in [4.78, 5) is 19.2. The van der Waals surface area contributed by atoms with Gasteiger partial charge in [-0.2, -0.15) is 0 Å². The lowest BCUT2D eigenvalue weighted by atomic mass is 10.1. The molecule has 0 aromatic carbocycles. The van der Waals surface area contributed by atoms with Gasteiger partial charge in [0, 0.05) is 32.7 Å². The van der Waals surface area contributed by atoms with E-state index in [1.807, 2.05) is 4.90 Å². The molecule has 0 aliphatic carbocycles. The molecule has 0 aromatic heterocycles. The maximum atomic E-state index is 12.6. The van der Waals surface area contributed by atoms with Crippen molar-refractivity contribution >= 4 is 5.91 Å². The molecule has 0 saturated carbocycles. The molecule has 0 bridgehead atoms. The highest BCUT2D eigenvalue weighted by Gasteiger charge is 2.33. The molecular weight excluding hydrogens is 240 g/mol. The Morgan fingerprint density at radius 1 is 1.26 bits per heavy atom. The van der Waals surface area contributed by atoms with Crippen LogP contribution in [0.25, 0.3) is 0 Å². The monoisotopic (exact) mass is 268 g/mol. The van der Waals surface area contributed by atoms with Gasteiger partial charge in [-0.15, -0.1) is 0 Å². The Hall–Kier alpha value is -0.650. The second-order valence-electron chi connectivity index (χ2n) is 5.93. The predicted octanol–water partition coefficient (Wildman–Crippen LogP) is -0.166. The lowest BCUT2D eigenvalue weighted by Gasteiger charge is -2.33. The Morgan fingerprint density at radius 3 is 2.68 bits per heavy atom. The molecule has 2 rings (SSSR count). The highest BCUT2D eigenvalue weighted by Crippen LogP contribution is 2.19. The van der Waals surface area contributed by atoms with Crippen LogP contribution in [0.15, 0.2) is 0 Å². The largest absolute Gasteiger partial charge is 0.339 e. The van der Waals surface area contributed by atoms with Crippen molar-refractivity contribution in [3.05, 3.63) is 0 Å². The van der Waals surface area contributed by atoms with Gasteiger partial charge >= 0.3 is 0 Å². The number of rotatable bonds is 5. The summed E-state index contributed by atoms with van der Waals surface area (Å²) in [6, 6.07) is 0.153. The molecule has 2 fully saturated rings. The highest BCUT2D eigenvalue weighted by molar-refractivity contribution is 5.82. The molecule has 0 spiro atoms. The average molecular weight is 268 g/mol. The number of carbonyl (C=O) groups is 1. The third-order valence-corrected chi connectivity index (χ3v) is 4.13. The SMILES string of the molecule is CN(C)CCCN1CCCC1C(=O)N1CCNCC1. The van der Waals surface area contributed by atoms with Gasteiger partial charge in [-0.3, -0.25) is 9.69 Å². The number of hydrogen-bond donors (Lipinski definition) is 1. The van der Waals surface area contributed by atoms with Crippen LogP contribution in [0, 0.1) is 0 Å². The second-order valence-corrected chi connectivity index (χ2v) is 5.93. The summed E-state index contributed by atoms with van der Waals surface area (Å²) < 4.78 is 0. The van der Waals surface area contributed by atoms with Crippen LogP contribution in [-0.2, 0) is 4.79 Å². The highest BCUT2D eigenvalue weighted by atomic mass is 16.2. The fourth-order valence-corrected chi connectivity index (χ4v) is 3.06. The van der Waals surface area contributed by atoms with E-state index >= 15 is 0 Å². The van der Waals surface area contributed by atoms with Gasteiger partial charge in [-0.1, -0.05) is 0 Å². The minimum absolute atomic E-state index is 0.153. The summed E-state index contributed by atoms with van der Waals surface area (Å²) in [5, 5.41) is 3.31. The first kappa shape index (κ1) is 14.8. The Bertz CT molecular complexity index is 289. The van der Waals surface area contributed by atoms with Crippen molar-refractivity contribution < 1.29 is 4.79 Å². The number of hydrogen-bond acceptors (Lipinski definition) is 4. The van der Waals surface area contributed by atoms with E-state index in [4.69, 9.17) is 0 Å². The van der Waals surface area contributed by atoms with E-state index in [1.165, 1.54) is 6.42 Å². The number of amides is 1. The summed E-state index contributed by atoms with van der Waals surface area (Å²) in [5.41, 5.74) is 0. The summed E-state index contributed by atoms with van der Waals surface area (Å²) in [6.07, 6.45) is 3.37. The molecule has 5 heteroatoms. The fourth-order valence-electron chi connectivity index (χ4n) is 3.06. The molecule has 1 amide bonds. The van der Waals surface area contributed by atoms with Gasteiger partial charge in [-0.05, 0) is 46.4 Å². The van der Waals surface area contributed by atoms with Crippen LogP contribution in [0.1, 0.15) is 19.3 Å². The molecule has 2 aliphatic heterocycles. The molecule has 19 heavy (non-hydrogen) atoms. The zero-order valence-corrected chi connectivity index (χ0v) is 12.4. The molecule has 2 aliphatic rings. The van der Waals surface area contributed by atoms with E-state index in [0.717, 1.165) is 58.7 Å². The zero-order valence-electron chi connectivity index (χ0n) is 12.4. The number of carbonyl (C=O) groups excluding carboxylic acids is 1. The standard InChI is InChI=1S/C14H28N4O/c1-16(2)8-4-10-17-9-3-5-13(17)14(19)18-11-6-15-7-12-18/h13,15H,3-12H2,1-2H3. The quantitative estimate of drug-likeness (QED) is 0.752. The molecule has 2 saturated heterocycles. The predicted molar refractivity (Wildman–Crippen MR) is 77.2 cm³/mol. The normalized spacial score (nSPS) is 25.2. The Labute approximate surface area is 116 Å². The van der Waals surface area contributed by atoms with Crippen LogP contribution in [0.4, 0.5) is 0 Å². The van der Waals surface area contributed by atoms with Crippen LogP contribution >= 0.6 is 0 Å². The van der Waals surface area contributed by atoms with Crippen molar-refractivity contribution in [3.63, 3.8) is 0 Å². The minimum atomic E-state index is 0.153. The Balaban J connectivity index is 1.81. The number of piperazine rings is 1. The van der Waals surface area contributed by atoms with Crippen LogP contribution in [0.3, 0.4) is 0 Å². The van der Waals surface area contributed by atoms with E-state index in [1.54, 1.807) is 0 Å². The lowest BCUT2D eigenvalue weighted by Crippen LogP contribution is -2.52. The molecule has 110 valence electrons. The van der Waals surface area contributed by atoms with Crippen molar-refractivity contribution in [3.8, 4) is 0 Å². The topological polar surface area (TPSA) is 38.8 Å². The van der Waals surface area contributed by atoms with Crippen molar-refractivity contribution in [1.29, 1.82) is 0 Å². The van der Waals surface area contributed by atoms with Crippen LogP contribution < -0.4 is 5.32 Å². The molecule has 1 unspecified atom stereocenters. The van der Waals surface area contributed by atoms with E-state index < -0.39 is 0 Å². The Kier molecular flexibility index (Phi) is 5.60. The van der Waals surface area contributed by atoms with E-state index in [0.29, 0.717) is 5.91 Å². The van der Waals surface area contributed by atoms with Crippen LogP contribution in [-0.4, -0.2) is 86.6 Å². The summed E-state index contributed by atoms with van der Waals surface area (Å²) in [5.74, 6) is 0.365. The molecule has 0 radical (unpaired) electrons. The molecule has 0 aromatic rings. The van der Waals surface area contributed by atoms with Gasteiger partial charge in [0.05, 0.1) is 6.04 Å².